The highest BCUT2D eigenvalue weighted by Crippen LogP contribution is 2.14. The second-order valence-electron chi connectivity index (χ2n) is 6.48. The van der Waals surface area contributed by atoms with Crippen molar-refractivity contribution in [2.24, 2.45) is 0 Å². The first-order valence-corrected chi connectivity index (χ1v) is 8.72. The summed E-state index contributed by atoms with van der Waals surface area (Å²) in [6.07, 6.45) is 0. The van der Waals surface area contributed by atoms with Crippen LogP contribution in [0.3, 0.4) is 0 Å². The number of aromatic amines is 1. The van der Waals surface area contributed by atoms with Crippen LogP contribution in [0.4, 0.5) is 5.69 Å². The van der Waals surface area contributed by atoms with Crippen LogP contribution in [0.2, 0.25) is 0 Å². The molecule has 0 aliphatic carbocycles. The van der Waals surface area contributed by atoms with E-state index >= 15 is 0 Å². The van der Waals surface area contributed by atoms with E-state index < -0.39 is 11.1 Å². The Morgan fingerprint density at radius 2 is 1.81 bits per heavy atom. The number of carbonyl (C=O) groups is 1. The van der Waals surface area contributed by atoms with Crippen LogP contribution in [0.5, 0.6) is 0 Å². The first kappa shape index (κ1) is 18.4. The molecule has 0 radical (unpaired) electrons. The molecule has 3 aromatic rings. The van der Waals surface area contributed by atoms with Gasteiger partial charge in [0.15, 0.2) is 0 Å². The zero-order valence-electron chi connectivity index (χ0n) is 15.6. The van der Waals surface area contributed by atoms with Gasteiger partial charge in [-0.2, -0.15) is 0 Å². The summed E-state index contributed by atoms with van der Waals surface area (Å²) < 4.78 is 1.39. The summed E-state index contributed by atoms with van der Waals surface area (Å²) >= 11 is 0. The number of amides is 1. The van der Waals surface area contributed by atoms with E-state index in [1.807, 2.05) is 43.3 Å². The van der Waals surface area contributed by atoms with Crippen molar-refractivity contribution in [3.8, 4) is 0 Å². The second-order valence-corrected chi connectivity index (χ2v) is 6.48. The Hall–Kier alpha value is -3.35. The molecule has 0 bridgehead atoms. The number of aromatic nitrogens is 2. The van der Waals surface area contributed by atoms with E-state index in [1.165, 1.54) is 4.57 Å². The molecular formula is C20H22N4O3. The molecule has 27 heavy (non-hydrogen) atoms. The van der Waals surface area contributed by atoms with Crippen LogP contribution >= 0.6 is 0 Å². The Morgan fingerprint density at radius 3 is 2.44 bits per heavy atom. The summed E-state index contributed by atoms with van der Waals surface area (Å²) in [5.41, 5.74) is 2.27. The smallest absolute Gasteiger partial charge is 0.316 e. The molecule has 0 aliphatic heterocycles. The number of benzene rings is 2. The number of hydrogen-bond acceptors (Lipinski definition) is 4. The number of aryl methyl sites for hydroxylation is 1. The molecule has 1 aromatic heterocycles. The molecule has 3 rings (SSSR count). The lowest BCUT2D eigenvalue weighted by Crippen LogP contribution is -2.36. The standard InChI is InChI=1S/C20H22N4O3/c1-4-24-17-10-7-14(11-16(17)22-19(26)20(24)27)18(25)21-12-13-5-8-15(9-6-13)23(2)3/h5-11H,4,12H2,1-3H3,(H,21,25)(H,22,26). The number of anilines is 1. The molecule has 0 spiro atoms. The van der Waals surface area contributed by atoms with Crippen LogP contribution in [-0.2, 0) is 13.1 Å². The Balaban J connectivity index is 1.80. The van der Waals surface area contributed by atoms with E-state index in [-0.39, 0.29) is 5.91 Å². The maximum Gasteiger partial charge on any atom is 0.316 e. The molecule has 0 atom stereocenters. The molecule has 0 aliphatic rings. The average molecular weight is 366 g/mol. The minimum atomic E-state index is -0.692. The Labute approximate surface area is 156 Å². The minimum absolute atomic E-state index is 0.247. The molecule has 7 heteroatoms. The molecule has 140 valence electrons. The lowest BCUT2D eigenvalue weighted by atomic mass is 10.1. The van der Waals surface area contributed by atoms with Gasteiger partial charge in [0.1, 0.15) is 0 Å². The third-order valence-corrected chi connectivity index (χ3v) is 4.46. The van der Waals surface area contributed by atoms with Gasteiger partial charge < -0.3 is 19.8 Å². The van der Waals surface area contributed by atoms with Crippen molar-refractivity contribution in [2.45, 2.75) is 20.0 Å². The van der Waals surface area contributed by atoms with Crippen LogP contribution in [0.25, 0.3) is 11.0 Å². The van der Waals surface area contributed by atoms with E-state index in [4.69, 9.17) is 0 Å². The van der Waals surface area contributed by atoms with Crippen molar-refractivity contribution in [1.82, 2.24) is 14.9 Å². The molecule has 7 nitrogen and oxygen atoms in total. The average Bonchev–Trinajstić information content (AvgIpc) is 2.67. The van der Waals surface area contributed by atoms with Crippen molar-refractivity contribution in [3.63, 3.8) is 0 Å². The van der Waals surface area contributed by atoms with E-state index in [1.54, 1.807) is 25.1 Å². The molecule has 2 aromatic carbocycles. The van der Waals surface area contributed by atoms with Gasteiger partial charge in [0.05, 0.1) is 11.0 Å². The monoisotopic (exact) mass is 366 g/mol. The fourth-order valence-electron chi connectivity index (χ4n) is 2.93. The normalized spacial score (nSPS) is 10.8. The fraction of sp³-hybridized carbons (Fsp3) is 0.250. The highest BCUT2D eigenvalue weighted by atomic mass is 16.2. The van der Waals surface area contributed by atoms with Crippen LogP contribution in [0.1, 0.15) is 22.8 Å². The van der Waals surface area contributed by atoms with Gasteiger partial charge in [0.2, 0.25) is 0 Å². The first-order valence-electron chi connectivity index (χ1n) is 8.72. The Bertz CT molecular complexity index is 1090. The predicted molar refractivity (Wildman–Crippen MR) is 106 cm³/mol. The summed E-state index contributed by atoms with van der Waals surface area (Å²) in [4.78, 5) is 40.7. The largest absolute Gasteiger partial charge is 0.378 e. The summed E-state index contributed by atoms with van der Waals surface area (Å²) in [7, 11) is 3.94. The molecule has 1 heterocycles. The molecule has 0 unspecified atom stereocenters. The van der Waals surface area contributed by atoms with Crippen molar-refractivity contribution in [2.75, 3.05) is 19.0 Å². The SMILES string of the molecule is CCn1c(=O)c(=O)[nH]c2cc(C(=O)NCc3ccc(N(C)C)cc3)ccc21. The van der Waals surface area contributed by atoms with Crippen molar-refractivity contribution < 1.29 is 4.79 Å². The maximum atomic E-state index is 12.5. The lowest BCUT2D eigenvalue weighted by molar-refractivity contribution is 0.0951. The summed E-state index contributed by atoms with van der Waals surface area (Å²) in [5.74, 6) is -0.247. The van der Waals surface area contributed by atoms with Gasteiger partial charge >= 0.3 is 11.1 Å². The van der Waals surface area contributed by atoms with Crippen molar-refractivity contribution in [1.29, 1.82) is 0 Å². The summed E-state index contributed by atoms with van der Waals surface area (Å²) in [6, 6.07) is 12.8. The molecule has 2 N–H and O–H groups in total. The third-order valence-electron chi connectivity index (χ3n) is 4.46. The molecule has 0 fully saturated rings. The van der Waals surface area contributed by atoms with Crippen LogP contribution in [0, 0.1) is 0 Å². The molecule has 0 saturated heterocycles. The number of hydrogen-bond donors (Lipinski definition) is 2. The molecule has 0 saturated carbocycles. The van der Waals surface area contributed by atoms with Gasteiger partial charge in [0.25, 0.3) is 5.91 Å². The first-order chi connectivity index (χ1) is 12.9. The van der Waals surface area contributed by atoms with E-state index in [0.717, 1.165) is 11.3 Å². The maximum absolute atomic E-state index is 12.5. The quantitative estimate of drug-likeness (QED) is 0.673. The van der Waals surface area contributed by atoms with Gasteiger partial charge in [-0.15, -0.1) is 0 Å². The highest BCUT2D eigenvalue weighted by molar-refractivity contribution is 5.97. The van der Waals surface area contributed by atoms with Gasteiger partial charge in [-0.1, -0.05) is 12.1 Å². The van der Waals surface area contributed by atoms with Gasteiger partial charge in [0, 0.05) is 38.4 Å². The number of carbonyl (C=O) groups excluding carboxylic acids is 1. The van der Waals surface area contributed by atoms with E-state index in [2.05, 4.69) is 10.3 Å². The van der Waals surface area contributed by atoms with Gasteiger partial charge in [-0.3, -0.25) is 14.4 Å². The molecule has 1 amide bonds. The summed E-state index contributed by atoms with van der Waals surface area (Å²) in [6.45, 7) is 2.58. The van der Waals surface area contributed by atoms with Gasteiger partial charge in [-0.25, -0.2) is 0 Å². The van der Waals surface area contributed by atoms with Crippen molar-refractivity contribution in [3.05, 3.63) is 74.3 Å². The highest BCUT2D eigenvalue weighted by Gasteiger charge is 2.10. The minimum Gasteiger partial charge on any atom is -0.378 e. The van der Waals surface area contributed by atoms with Crippen molar-refractivity contribution >= 4 is 22.6 Å². The lowest BCUT2D eigenvalue weighted by Gasteiger charge is -2.13. The summed E-state index contributed by atoms with van der Waals surface area (Å²) in [5, 5.41) is 2.87. The Morgan fingerprint density at radius 1 is 1.11 bits per heavy atom. The van der Waals surface area contributed by atoms with Gasteiger partial charge in [-0.05, 0) is 42.8 Å². The van der Waals surface area contributed by atoms with E-state index in [9.17, 15) is 14.4 Å². The zero-order valence-corrected chi connectivity index (χ0v) is 15.6. The number of nitrogens with one attached hydrogen (secondary N) is 2. The molecular weight excluding hydrogens is 344 g/mol. The van der Waals surface area contributed by atoms with Crippen LogP contribution < -0.4 is 21.3 Å². The third kappa shape index (κ3) is 3.76. The topological polar surface area (TPSA) is 87.2 Å². The number of nitrogens with zero attached hydrogens (tertiary/aromatic N) is 2. The Kier molecular flexibility index (Phi) is 5.12. The van der Waals surface area contributed by atoms with E-state index in [0.29, 0.717) is 29.7 Å². The number of H-pyrrole nitrogens is 1. The van der Waals surface area contributed by atoms with Crippen LogP contribution in [0.15, 0.2) is 52.1 Å². The number of fused-ring (bicyclic) bond motifs is 1. The zero-order chi connectivity index (χ0) is 19.6. The fourth-order valence-corrected chi connectivity index (χ4v) is 2.93. The number of rotatable bonds is 5. The second kappa shape index (κ2) is 7.49. The van der Waals surface area contributed by atoms with Crippen LogP contribution in [-0.4, -0.2) is 29.6 Å². The predicted octanol–water partition coefficient (Wildman–Crippen LogP) is 1.71.